The number of anilines is 1. The first kappa shape index (κ1) is 13.8. The van der Waals surface area contributed by atoms with Crippen LogP contribution in [0, 0.1) is 10.1 Å². The zero-order chi connectivity index (χ0) is 13.8. The smallest absolute Gasteiger partial charge is 0.296 e. The number of halogens is 1. The Morgan fingerprint density at radius 3 is 2.79 bits per heavy atom. The molecule has 0 atom stereocenters. The van der Waals surface area contributed by atoms with E-state index in [9.17, 15) is 10.1 Å². The minimum atomic E-state index is -0.431. The molecule has 0 bridgehead atoms. The van der Waals surface area contributed by atoms with E-state index in [1.54, 1.807) is 18.2 Å². The van der Waals surface area contributed by atoms with Crippen LogP contribution in [-0.4, -0.2) is 16.5 Å². The summed E-state index contributed by atoms with van der Waals surface area (Å²) >= 11 is 7.15. The summed E-state index contributed by atoms with van der Waals surface area (Å²) in [5.74, 6) is 0.631. The van der Waals surface area contributed by atoms with E-state index in [-0.39, 0.29) is 5.69 Å². The molecule has 0 fully saturated rings. The maximum atomic E-state index is 11.0. The van der Waals surface area contributed by atoms with E-state index >= 15 is 0 Å². The zero-order valence-corrected chi connectivity index (χ0v) is 11.8. The van der Waals surface area contributed by atoms with Crippen molar-refractivity contribution < 1.29 is 4.92 Å². The number of rotatable bonds is 5. The lowest BCUT2D eigenvalue weighted by Gasteiger charge is -2.06. The predicted octanol–water partition coefficient (Wildman–Crippen LogP) is 4.19. The van der Waals surface area contributed by atoms with Crippen molar-refractivity contribution in [2.45, 2.75) is 13.3 Å². The lowest BCUT2D eigenvalue weighted by atomic mass is 10.2. The maximum absolute atomic E-state index is 11.0. The monoisotopic (exact) mass is 297 g/mol. The second kappa shape index (κ2) is 5.99. The standard InChI is InChI=1S/C12H12ClN3O2S/c1-2-7-14-11-6-3-8(16(17)18)12(15-11)9-4-5-10(13)19-9/h3-6H,2,7H2,1H3,(H,14,15). The molecule has 2 aromatic heterocycles. The first-order valence-electron chi connectivity index (χ1n) is 5.77. The van der Waals surface area contributed by atoms with Gasteiger partial charge in [-0.1, -0.05) is 18.5 Å². The molecule has 0 aromatic carbocycles. The van der Waals surface area contributed by atoms with E-state index in [1.807, 2.05) is 6.92 Å². The van der Waals surface area contributed by atoms with Gasteiger partial charge in [-0.2, -0.15) is 0 Å². The fraction of sp³-hybridized carbons (Fsp3) is 0.250. The molecule has 7 heteroatoms. The third-order valence-electron chi connectivity index (χ3n) is 2.43. The van der Waals surface area contributed by atoms with Crippen LogP contribution in [0.4, 0.5) is 11.5 Å². The fourth-order valence-electron chi connectivity index (χ4n) is 1.57. The average molecular weight is 298 g/mol. The van der Waals surface area contributed by atoms with Crippen molar-refractivity contribution in [1.82, 2.24) is 4.98 Å². The van der Waals surface area contributed by atoms with Gasteiger partial charge < -0.3 is 5.32 Å². The van der Waals surface area contributed by atoms with Gasteiger partial charge in [-0.15, -0.1) is 11.3 Å². The average Bonchev–Trinajstić information content (AvgIpc) is 2.82. The van der Waals surface area contributed by atoms with Crippen molar-refractivity contribution in [3.8, 4) is 10.6 Å². The number of hydrogen-bond donors (Lipinski definition) is 1. The highest BCUT2D eigenvalue weighted by Crippen LogP contribution is 2.35. The van der Waals surface area contributed by atoms with Crippen molar-refractivity contribution in [2.75, 3.05) is 11.9 Å². The highest BCUT2D eigenvalue weighted by Gasteiger charge is 2.19. The lowest BCUT2D eigenvalue weighted by molar-refractivity contribution is -0.384. The van der Waals surface area contributed by atoms with E-state index in [4.69, 9.17) is 11.6 Å². The lowest BCUT2D eigenvalue weighted by Crippen LogP contribution is -2.03. The molecule has 0 aliphatic heterocycles. The first-order valence-corrected chi connectivity index (χ1v) is 6.96. The van der Waals surface area contributed by atoms with Crippen molar-refractivity contribution in [1.29, 1.82) is 0 Å². The van der Waals surface area contributed by atoms with Crippen LogP contribution in [0.15, 0.2) is 24.3 Å². The highest BCUT2D eigenvalue weighted by atomic mass is 35.5. The van der Waals surface area contributed by atoms with Crippen LogP contribution in [0.3, 0.4) is 0 Å². The van der Waals surface area contributed by atoms with Crippen LogP contribution in [0.1, 0.15) is 13.3 Å². The fourth-order valence-corrected chi connectivity index (χ4v) is 2.62. The van der Waals surface area contributed by atoms with Crippen molar-refractivity contribution in [3.63, 3.8) is 0 Å². The summed E-state index contributed by atoms with van der Waals surface area (Å²) in [5.41, 5.74) is 0.337. The Labute approximate surface area is 119 Å². The Hall–Kier alpha value is -1.66. The number of pyridine rings is 1. The Kier molecular flexibility index (Phi) is 4.34. The van der Waals surface area contributed by atoms with Gasteiger partial charge in [0.25, 0.3) is 5.69 Å². The van der Waals surface area contributed by atoms with E-state index in [0.717, 1.165) is 13.0 Å². The first-order chi connectivity index (χ1) is 9.11. The van der Waals surface area contributed by atoms with Gasteiger partial charge in [-0.05, 0) is 24.6 Å². The predicted molar refractivity (Wildman–Crippen MR) is 78.0 cm³/mol. The Bertz CT molecular complexity index is 600. The summed E-state index contributed by atoms with van der Waals surface area (Å²) < 4.78 is 0.581. The van der Waals surface area contributed by atoms with Gasteiger partial charge in [-0.25, -0.2) is 4.98 Å². The number of nitrogens with one attached hydrogen (secondary N) is 1. The molecule has 0 aliphatic rings. The van der Waals surface area contributed by atoms with Gasteiger partial charge in [0.05, 0.1) is 14.1 Å². The second-order valence-corrected chi connectivity index (χ2v) is 5.57. The largest absolute Gasteiger partial charge is 0.370 e. The number of hydrogen-bond acceptors (Lipinski definition) is 5. The Morgan fingerprint density at radius 2 is 2.21 bits per heavy atom. The SMILES string of the molecule is CCCNc1ccc([N+](=O)[O-])c(-c2ccc(Cl)s2)n1. The molecule has 0 saturated heterocycles. The van der Waals surface area contributed by atoms with Gasteiger partial charge in [-0.3, -0.25) is 10.1 Å². The molecular weight excluding hydrogens is 286 g/mol. The van der Waals surface area contributed by atoms with Gasteiger partial charge in [0.2, 0.25) is 0 Å². The van der Waals surface area contributed by atoms with Crippen molar-refractivity contribution in [2.24, 2.45) is 0 Å². The molecule has 0 aliphatic carbocycles. The summed E-state index contributed by atoms with van der Waals surface area (Å²) in [6, 6.07) is 6.53. The minimum Gasteiger partial charge on any atom is -0.370 e. The molecule has 0 radical (unpaired) electrons. The van der Waals surface area contributed by atoms with Crippen molar-refractivity contribution >= 4 is 34.4 Å². The third kappa shape index (κ3) is 3.21. The van der Waals surface area contributed by atoms with Crippen LogP contribution in [0.2, 0.25) is 4.34 Å². The van der Waals surface area contributed by atoms with Gasteiger partial charge in [0, 0.05) is 12.6 Å². The molecule has 2 aromatic rings. The number of nitrogens with zero attached hydrogens (tertiary/aromatic N) is 2. The van der Waals surface area contributed by atoms with Gasteiger partial charge >= 0.3 is 0 Å². The molecule has 0 spiro atoms. The molecule has 0 saturated carbocycles. The Morgan fingerprint density at radius 1 is 1.42 bits per heavy atom. The van der Waals surface area contributed by atoms with Crippen LogP contribution >= 0.6 is 22.9 Å². The third-order valence-corrected chi connectivity index (χ3v) is 3.67. The Balaban J connectivity index is 2.44. The van der Waals surface area contributed by atoms with E-state index in [1.165, 1.54) is 17.4 Å². The molecule has 19 heavy (non-hydrogen) atoms. The molecule has 1 N–H and O–H groups in total. The second-order valence-electron chi connectivity index (χ2n) is 3.85. The summed E-state index contributed by atoms with van der Waals surface area (Å²) in [4.78, 5) is 15.6. The summed E-state index contributed by atoms with van der Waals surface area (Å²) in [7, 11) is 0. The number of thiophene rings is 1. The van der Waals surface area contributed by atoms with E-state index in [2.05, 4.69) is 10.3 Å². The molecule has 2 heterocycles. The minimum absolute atomic E-state index is 0.0134. The summed E-state index contributed by atoms with van der Waals surface area (Å²) in [5, 5.41) is 14.2. The molecule has 5 nitrogen and oxygen atoms in total. The van der Waals surface area contributed by atoms with Crippen LogP contribution < -0.4 is 5.32 Å². The van der Waals surface area contributed by atoms with Gasteiger partial charge in [0.1, 0.15) is 5.82 Å². The topological polar surface area (TPSA) is 68.1 Å². The highest BCUT2D eigenvalue weighted by molar-refractivity contribution is 7.19. The van der Waals surface area contributed by atoms with Gasteiger partial charge in [0.15, 0.2) is 5.69 Å². The molecule has 0 unspecified atom stereocenters. The van der Waals surface area contributed by atoms with Crippen LogP contribution in [0.25, 0.3) is 10.6 Å². The van der Waals surface area contributed by atoms with E-state index in [0.29, 0.717) is 20.7 Å². The molecule has 100 valence electrons. The zero-order valence-electron chi connectivity index (χ0n) is 10.2. The number of aromatic nitrogens is 1. The molecular formula is C12H12ClN3O2S. The summed E-state index contributed by atoms with van der Waals surface area (Å²) in [6.07, 6.45) is 0.957. The molecule has 2 rings (SSSR count). The summed E-state index contributed by atoms with van der Waals surface area (Å²) in [6.45, 7) is 2.81. The van der Waals surface area contributed by atoms with Crippen LogP contribution in [-0.2, 0) is 0 Å². The maximum Gasteiger partial charge on any atom is 0.296 e. The van der Waals surface area contributed by atoms with Crippen LogP contribution in [0.5, 0.6) is 0 Å². The normalized spacial score (nSPS) is 10.4. The number of nitro groups is 1. The van der Waals surface area contributed by atoms with Crippen molar-refractivity contribution in [3.05, 3.63) is 38.7 Å². The quantitative estimate of drug-likeness (QED) is 0.663. The molecule has 0 amide bonds. The van der Waals surface area contributed by atoms with E-state index < -0.39 is 4.92 Å².